The van der Waals surface area contributed by atoms with E-state index in [2.05, 4.69) is 111 Å². The van der Waals surface area contributed by atoms with Gasteiger partial charge in [-0.25, -0.2) is 0 Å². The van der Waals surface area contributed by atoms with Gasteiger partial charge < -0.3 is 64.2 Å². The number of carbonyl (C=O) groups excluding carboxylic acids is 2. The molecule has 0 aromatic heterocycles. The number of hydrogen-bond donors (Lipinski definition) is 7. The van der Waals surface area contributed by atoms with Crippen LogP contribution in [-0.4, -0.2) is 142 Å². The van der Waals surface area contributed by atoms with Crippen LogP contribution >= 0.6 is 0 Å². The Morgan fingerprint density at radius 1 is 0.457 bits per heavy atom. The molecule has 2 fully saturated rings. The summed E-state index contributed by atoms with van der Waals surface area (Å²) in [5.41, 5.74) is 0. The van der Waals surface area contributed by atoms with E-state index in [1.54, 1.807) is 0 Å². The van der Waals surface area contributed by atoms with Gasteiger partial charge in [-0.3, -0.25) is 9.59 Å². The average Bonchev–Trinajstić information content (AvgIpc) is 3.35. The van der Waals surface area contributed by atoms with Crippen molar-refractivity contribution < 1.29 is 73.8 Å². The lowest BCUT2D eigenvalue weighted by atomic mass is 9.98. The maximum atomic E-state index is 13.0. The predicted molar refractivity (Wildman–Crippen MR) is 270 cm³/mol. The minimum atomic E-state index is -1.79. The van der Waals surface area contributed by atoms with Crippen LogP contribution in [0.25, 0.3) is 0 Å². The topological polar surface area (TPSA) is 231 Å². The monoisotopic (exact) mass is 985 g/mol. The molecule has 0 aromatic carbocycles. The average molecular weight is 985 g/mol. The van der Waals surface area contributed by atoms with Crippen molar-refractivity contribution in [2.45, 2.75) is 184 Å². The van der Waals surface area contributed by atoms with E-state index in [-0.39, 0.29) is 19.4 Å². The lowest BCUT2D eigenvalue weighted by molar-refractivity contribution is -0.332. The van der Waals surface area contributed by atoms with Gasteiger partial charge >= 0.3 is 11.9 Å². The zero-order valence-electron chi connectivity index (χ0n) is 41.4. The molecule has 11 atom stereocenters. The van der Waals surface area contributed by atoms with E-state index in [1.165, 1.54) is 0 Å². The number of carbonyl (C=O) groups is 2. The SMILES string of the molecule is CC/C=C\C/C=C\C/C=C\C/C=C\C/C=C\CCCC(=O)OCC(COC1OC(COC2OC(CO)C(O)C(O)C2O)C(O)C(O)C1O)OC(=O)CCC/C=C\C/C=C\C/C=C\C/C=C\C/C=C\CC. The van der Waals surface area contributed by atoms with Gasteiger partial charge in [0, 0.05) is 12.8 Å². The van der Waals surface area contributed by atoms with Crippen LogP contribution in [0, 0.1) is 0 Å². The maximum Gasteiger partial charge on any atom is 0.306 e. The highest BCUT2D eigenvalue weighted by molar-refractivity contribution is 5.70. The van der Waals surface area contributed by atoms with Crippen LogP contribution in [0.3, 0.4) is 0 Å². The molecule has 7 N–H and O–H groups in total. The smallest absolute Gasteiger partial charge is 0.306 e. The molecule has 2 aliphatic rings. The van der Waals surface area contributed by atoms with Crippen LogP contribution in [0.15, 0.2) is 122 Å². The van der Waals surface area contributed by atoms with Gasteiger partial charge in [0.15, 0.2) is 18.7 Å². The van der Waals surface area contributed by atoms with Gasteiger partial charge in [-0.1, -0.05) is 135 Å². The molecule has 2 heterocycles. The number of aliphatic hydroxyl groups is 7. The van der Waals surface area contributed by atoms with Crippen LogP contribution < -0.4 is 0 Å². The molecule has 2 saturated heterocycles. The fraction of sp³-hybridized carbons (Fsp3) is 0.600. The second-order valence-corrected chi connectivity index (χ2v) is 16.9. The molecule has 0 amide bonds. The molecule has 0 spiro atoms. The normalized spacial score (nSPS) is 26.4. The summed E-state index contributed by atoms with van der Waals surface area (Å²) in [6.45, 7) is 2.20. The third-order valence-electron chi connectivity index (χ3n) is 10.9. The van der Waals surface area contributed by atoms with E-state index in [1.807, 2.05) is 24.3 Å². The lowest BCUT2D eigenvalue weighted by Crippen LogP contribution is -2.61. The minimum Gasteiger partial charge on any atom is -0.462 e. The first kappa shape index (κ1) is 62.0. The molecule has 0 bridgehead atoms. The molecule has 2 rings (SSSR count). The quantitative estimate of drug-likeness (QED) is 0.0192. The fourth-order valence-electron chi connectivity index (χ4n) is 6.87. The Morgan fingerprint density at radius 2 is 0.829 bits per heavy atom. The van der Waals surface area contributed by atoms with Crippen molar-refractivity contribution in [3.8, 4) is 0 Å². The lowest BCUT2D eigenvalue weighted by Gasteiger charge is -2.42. The fourth-order valence-corrected chi connectivity index (χ4v) is 6.87. The Bertz CT molecular complexity index is 1680. The van der Waals surface area contributed by atoms with Gasteiger partial charge in [0.05, 0.1) is 19.8 Å². The largest absolute Gasteiger partial charge is 0.462 e. The first-order valence-corrected chi connectivity index (χ1v) is 25.1. The van der Waals surface area contributed by atoms with Gasteiger partial charge in [-0.05, 0) is 89.9 Å². The van der Waals surface area contributed by atoms with Gasteiger partial charge in [0.25, 0.3) is 0 Å². The summed E-state index contributed by atoms with van der Waals surface area (Å²) < 4.78 is 33.4. The molecule has 0 aliphatic carbocycles. The molecule has 0 radical (unpaired) electrons. The molecule has 15 nitrogen and oxygen atoms in total. The molecule has 394 valence electrons. The first-order chi connectivity index (χ1) is 34.0. The number of allylic oxidation sites excluding steroid dienone is 20. The van der Waals surface area contributed by atoms with Gasteiger partial charge in [0.1, 0.15) is 55.4 Å². The highest BCUT2D eigenvalue weighted by Gasteiger charge is 2.47. The van der Waals surface area contributed by atoms with Crippen LogP contribution in [-0.2, 0) is 38.0 Å². The third kappa shape index (κ3) is 28.1. The highest BCUT2D eigenvalue weighted by Crippen LogP contribution is 2.26. The van der Waals surface area contributed by atoms with Crippen molar-refractivity contribution in [1.29, 1.82) is 0 Å². The summed E-state index contributed by atoms with van der Waals surface area (Å²) in [5, 5.41) is 72.1. The number of ether oxygens (including phenoxy) is 6. The van der Waals surface area contributed by atoms with Crippen LogP contribution in [0.2, 0.25) is 0 Å². The molecule has 11 unspecified atom stereocenters. The number of hydrogen-bond acceptors (Lipinski definition) is 15. The van der Waals surface area contributed by atoms with Crippen LogP contribution in [0.1, 0.15) is 117 Å². The van der Waals surface area contributed by atoms with Crippen molar-refractivity contribution in [1.82, 2.24) is 0 Å². The van der Waals surface area contributed by atoms with Gasteiger partial charge in [0.2, 0.25) is 0 Å². The Morgan fingerprint density at radius 3 is 1.26 bits per heavy atom. The second kappa shape index (κ2) is 40.5. The summed E-state index contributed by atoms with van der Waals surface area (Å²) >= 11 is 0. The minimum absolute atomic E-state index is 0.0663. The zero-order valence-corrected chi connectivity index (χ0v) is 41.4. The molecule has 0 saturated carbocycles. The number of aliphatic hydroxyl groups excluding tert-OH is 7. The Hall–Kier alpha value is -4.10. The summed E-state index contributed by atoms with van der Waals surface area (Å²) in [7, 11) is 0. The van der Waals surface area contributed by atoms with E-state index >= 15 is 0 Å². The van der Waals surface area contributed by atoms with E-state index < -0.39 is 99.3 Å². The van der Waals surface area contributed by atoms with Gasteiger partial charge in [-0.15, -0.1) is 0 Å². The Balaban J connectivity index is 1.88. The molecule has 2 aliphatic heterocycles. The molecular formula is C55H84O15. The van der Waals surface area contributed by atoms with Crippen molar-refractivity contribution in [3.05, 3.63) is 122 Å². The number of rotatable bonds is 36. The Kier molecular flexibility index (Phi) is 35.9. The van der Waals surface area contributed by atoms with Gasteiger partial charge in [-0.2, -0.15) is 0 Å². The summed E-state index contributed by atoms with van der Waals surface area (Å²) in [6, 6.07) is 0. The standard InChI is InChI=1S/C55H84O15/c1-3-5-7-9-11-13-15-17-19-21-23-25-27-29-31-33-35-37-46(57)65-40-43(68-47(58)38-36-34-32-30-28-26-24-22-20-18-16-14-12-10-8-6-4-2)41-66-54-53(64)51(62)49(60)45(70-54)42-67-55-52(63)50(61)48(59)44(39-56)69-55/h5-8,11-14,17-20,23-26,29-32,43-45,48-56,59-64H,3-4,9-10,15-16,21-22,27-28,33-42H2,1-2H3/b7-5-,8-6-,13-11-,14-12-,19-17-,20-18-,25-23-,26-24-,31-29-,32-30-. The van der Waals surface area contributed by atoms with Crippen LogP contribution in [0.5, 0.6) is 0 Å². The molecule has 15 heteroatoms. The third-order valence-corrected chi connectivity index (χ3v) is 10.9. The predicted octanol–water partition coefficient (Wildman–Crippen LogP) is 6.93. The first-order valence-electron chi connectivity index (χ1n) is 25.1. The van der Waals surface area contributed by atoms with Crippen molar-refractivity contribution >= 4 is 11.9 Å². The van der Waals surface area contributed by atoms with E-state index in [9.17, 15) is 45.3 Å². The van der Waals surface area contributed by atoms with Crippen LogP contribution in [0.4, 0.5) is 0 Å². The summed E-state index contributed by atoms with van der Waals surface area (Å²) in [6.07, 6.45) is 36.7. The maximum absolute atomic E-state index is 13.0. The second-order valence-electron chi connectivity index (χ2n) is 16.9. The number of unbranched alkanes of at least 4 members (excludes halogenated alkanes) is 2. The summed E-state index contributed by atoms with van der Waals surface area (Å²) in [4.78, 5) is 25.7. The van der Waals surface area contributed by atoms with E-state index in [0.29, 0.717) is 25.7 Å². The summed E-state index contributed by atoms with van der Waals surface area (Å²) in [5.74, 6) is -1.08. The number of esters is 2. The molecule has 0 aromatic rings. The van der Waals surface area contributed by atoms with Crippen molar-refractivity contribution in [3.63, 3.8) is 0 Å². The van der Waals surface area contributed by atoms with Crippen molar-refractivity contribution in [2.24, 2.45) is 0 Å². The molecular weight excluding hydrogens is 901 g/mol. The highest BCUT2D eigenvalue weighted by atomic mass is 16.7. The zero-order chi connectivity index (χ0) is 51.0. The molecule has 70 heavy (non-hydrogen) atoms. The van der Waals surface area contributed by atoms with Crippen molar-refractivity contribution in [2.75, 3.05) is 26.4 Å². The van der Waals surface area contributed by atoms with E-state index in [0.717, 1.165) is 64.2 Å². The Labute approximate surface area is 416 Å². The van der Waals surface area contributed by atoms with E-state index in [4.69, 9.17) is 28.4 Å².